The first kappa shape index (κ1) is 16.6. The van der Waals surface area contributed by atoms with E-state index in [1.54, 1.807) is 6.08 Å². The summed E-state index contributed by atoms with van der Waals surface area (Å²) in [5, 5.41) is 6.83. The average molecular weight is 156 g/mol. The Kier molecular flexibility index (Phi) is 34.6. The van der Waals surface area contributed by atoms with E-state index < -0.39 is 0 Å². The SMILES string of the molecule is C=C/C(C)=N\N=C.CC.CC. The van der Waals surface area contributed by atoms with E-state index in [4.69, 9.17) is 0 Å². The molecule has 0 saturated heterocycles. The topological polar surface area (TPSA) is 24.7 Å². The minimum absolute atomic E-state index is 0.787. The molecule has 0 aliphatic rings. The highest BCUT2D eigenvalue weighted by Crippen LogP contribution is 1.75. The summed E-state index contributed by atoms with van der Waals surface area (Å²) in [7, 11) is 0. The lowest BCUT2D eigenvalue weighted by atomic mass is 10.4. The molecule has 0 unspecified atom stereocenters. The normalized spacial score (nSPS) is 7.91. The molecule has 0 amide bonds. The Morgan fingerprint density at radius 3 is 1.64 bits per heavy atom. The lowest BCUT2D eigenvalue weighted by Gasteiger charge is -1.78. The van der Waals surface area contributed by atoms with Crippen LogP contribution in [0, 0.1) is 0 Å². The van der Waals surface area contributed by atoms with E-state index in [-0.39, 0.29) is 0 Å². The minimum Gasteiger partial charge on any atom is -0.167 e. The number of allylic oxidation sites excluding steroid dienone is 1. The van der Waals surface area contributed by atoms with Gasteiger partial charge in [0.15, 0.2) is 0 Å². The van der Waals surface area contributed by atoms with Gasteiger partial charge in [-0.25, -0.2) is 0 Å². The van der Waals surface area contributed by atoms with Crippen molar-refractivity contribution in [1.82, 2.24) is 0 Å². The fourth-order valence-corrected chi connectivity index (χ4v) is 0.152. The lowest BCUT2D eigenvalue weighted by molar-refractivity contribution is 1.26. The van der Waals surface area contributed by atoms with Crippen LogP contribution in [0.1, 0.15) is 34.6 Å². The predicted molar refractivity (Wildman–Crippen MR) is 55.6 cm³/mol. The van der Waals surface area contributed by atoms with Crippen LogP contribution < -0.4 is 0 Å². The van der Waals surface area contributed by atoms with Crippen molar-refractivity contribution in [3.63, 3.8) is 0 Å². The van der Waals surface area contributed by atoms with E-state index >= 15 is 0 Å². The van der Waals surface area contributed by atoms with Gasteiger partial charge in [-0.15, -0.1) is 0 Å². The standard InChI is InChI=1S/C5H8N2.2C2H6/c1-4-5(2)7-6-3;2*1-2/h4H,1,3H2,2H3;2*1-2H3/b7-5-;;. The van der Waals surface area contributed by atoms with Gasteiger partial charge in [0.2, 0.25) is 0 Å². The summed E-state index contributed by atoms with van der Waals surface area (Å²) < 4.78 is 0. The van der Waals surface area contributed by atoms with Gasteiger partial charge in [-0.3, -0.25) is 0 Å². The molecule has 0 N–H and O–H groups in total. The van der Waals surface area contributed by atoms with Gasteiger partial charge in [0, 0.05) is 6.72 Å². The molecule has 0 atom stereocenters. The van der Waals surface area contributed by atoms with Gasteiger partial charge in [0.25, 0.3) is 0 Å². The van der Waals surface area contributed by atoms with E-state index in [0.29, 0.717) is 0 Å². The van der Waals surface area contributed by atoms with Crippen LogP contribution >= 0.6 is 0 Å². The highest BCUT2D eigenvalue weighted by Gasteiger charge is 1.72. The fraction of sp³-hybridized carbons (Fsp3) is 0.556. The largest absolute Gasteiger partial charge is 0.167 e. The number of hydrogen-bond acceptors (Lipinski definition) is 2. The van der Waals surface area contributed by atoms with Crippen LogP contribution in [0.25, 0.3) is 0 Å². The van der Waals surface area contributed by atoms with Gasteiger partial charge in [0.05, 0.1) is 5.71 Å². The summed E-state index contributed by atoms with van der Waals surface area (Å²) in [4.78, 5) is 0. The zero-order valence-corrected chi connectivity index (χ0v) is 8.39. The van der Waals surface area contributed by atoms with Crippen LogP contribution in [-0.2, 0) is 0 Å². The van der Waals surface area contributed by atoms with Gasteiger partial charge in [-0.05, 0) is 13.0 Å². The van der Waals surface area contributed by atoms with Gasteiger partial charge >= 0.3 is 0 Å². The lowest BCUT2D eigenvalue weighted by Crippen LogP contribution is -1.77. The molecule has 2 heteroatoms. The molecule has 0 aliphatic heterocycles. The van der Waals surface area contributed by atoms with Gasteiger partial charge < -0.3 is 0 Å². The first-order valence-electron chi connectivity index (χ1n) is 3.94. The van der Waals surface area contributed by atoms with Crippen molar-refractivity contribution in [2.75, 3.05) is 0 Å². The quantitative estimate of drug-likeness (QED) is 0.433. The van der Waals surface area contributed by atoms with Gasteiger partial charge in [0.1, 0.15) is 0 Å². The first-order chi connectivity index (χ1) is 5.31. The molecule has 11 heavy (non-hydrogen) atoms. The molecule has 0 spiro atoms. The van der Waals surface area contributed by atoms with Crippen LogP contribution in [0.15, 0.2) is 22.9 Å². The Balaban J connectivity index is -0.000000138. The zero-order chi connectivity index (χ0) is 9.70. The number of rotatable bonds is 2. The van der Waals surface area contributed by atoms with E-state index in [1.165, 1.54) is 0 Å². The Morgan fingerprint density at radius 1 is 1.18 bits per heavy atom. The second-order valence-electron chi connectivity index (χ2n) is 1.09. The summed E-state index contributed by atoms with van der Waals surface area (Å²) in [5.74, 6) is 0. The van der Waals surface area contributed by atoms with Crippen LogP contribution in [0.4, 0.5) is 0 Å². The third-order valence-corrected chi connectivity index (χ3v) is 0.524. The van der Waals surface area contributed by atoms with E-state index in [0.717, 1.165) is 5.71 Å². The van der Waals surface area contributed by atoms with E-state index in [9.17, 15) is 0 Å². The third-order valence-electron chi connectivity index (χ3n) is 0.524. The van der Waals surface area contributed by atoms with Crippen LogP contribution in [0.3, 0.4) is 0 Å². The highest BCUT2D eigenvalue weighted by atomic mass is 15.2. The summed E-state index contributed by atoms with van der Waals surface area (Å²) in [6.45, 7) is 16.4. The highest BCUT2D eigenvalue weighted by molar-refractivity contribution is 5.92. The van der Waals surface area contributed by atoms with Crippen molar-refractivity contribution in [2.45, 2.75) is 34.6 Å². The van der Waals surface area contributed by atoms with Crippen LogP contribution in [0.5, 0.6) is 0 Å². The molecule has 0 aromatic rings. The second-order valence-corrected chi connectivity index (χ2v) is 1.09. The Hall–Kier alpha value is -0.920. The molecular formula is C9H20N2. The van der Waals surface area contributed by atoms with Gasteiger partial charge in [-0.2, -0.15) is 10.2 Å². The summed E-state index contributed by atoms with van der Waals surface area (Å²) in [6.07, 6.45) is 1.62. The fourth-order valence-electron chi connectivity index (χ4n) is 0.152. The van der Waals surface area contributed by atoms with Crippen LogP contribution in [0.2, 0.25) is 0 Å². The van der Waals surface area contributed by atoms with Crippen molar-refractivity contribution in [3.8, 4) is 0 Å². The van der Waals surface area contributed by atoms with E-state index in [1.807, 2.05) is 34.6 Å². The molecule has 66 valence electrons. The maximum absolute atomic E-state index is 3.56. The number of hydrogen-bond donors (Lipinski definition) is 0. The maximum Gasteiger partial charge on any atom is 0.0593 e. The average Bonchev–Trinajstić information content (AvgIpc) is 2.12. The summed E-state index contributed by atoms with van der Waals surface area (Å²) in [6, 6.07) is 0. The molecule has 0 aliphatic carbocycles. The molecule has 0 aromatic heterocycles. The Labute approximate surface area is 70.7 Å². The molecule has 0 fully saturated rings. The molecule has 0 saturated carbocycles. The molecule has 0 aromatic carbocycles. The molecule has 0 rings (SSSR count). The third kappa shape index (κ3) is 27.3. The molecule has 0 radical (unpaired) electrons. The maximum atomic E-state index is 3.56. The van der Waals surface area contributed by atoms with Gasteiger partial charge in [-0.1, -0.05) is 34.3 Å². The van der Waals surface area contributed by atoms with Crippen molar-refractivity contribution in [1.29, 1.82) is 0 Å². The molecule has 0 bridgehead atoms. The Bertz CT molecular complexity index is 104. The molecule has 2 nitrogen and oxygen atoms in total. The van der Waals surface area contributed by atoms with Crippen LogP contribution in [-0.4, -0.2) is 12.4 Å². The van der Waals surface area contributed by atoms with Crippen molar-refractivity contribution < 1.29 is 0 Å². The summed E-state index contributed by atoms with van der Waals surface area (Å²) in [5.41, 5.74) is 0.787. The first-order valence-corrected chi connectivity index (χ1v) is 3.94. The second kappa shape index (κ2) is 23.0. The summed E-state index contributed by atoms with van der Waals surface area (Å²) >= 11 is 0. The molecule has 0 heterocycles. The predicted octanol–water partition coefficient (Wildman–Crippen LogP) is 3.30. The van der Waals surface area contributed by atoms with E-state index in [2.05, 4.69) is 23.5 Å². The smallest absolute Gasteiger partial charge is 0.0593 e. The molecular weight excluding hydrogens is 136 g/mol. The zero-order valence-electron chi connectivity index (χ0n) is 8.39. The van der Waals surface area contributed by atoms with Crippen molar-refractivity contribution >= 4 is 12.4 Å². The van der Waals surface area contributed by atoms with Crippen molar-refractivity contribution in [3.05, 3.63) is 12.7 Å². The number of nitrogens with zero attached hydrogens (tertiary/aromatic N) is 2. The minimum atomic E-state index is 0.787. The van der Waals surface area contributed by atoms with Crippen molar-refractivity contribution in [2.24, 2.45) is 10.2 Å². The monoisotopic (exact) mass is 156 g/mol. The Morgan fingerprint density at radius 2 is 1.55 bits per heavy atom.